The fourth-order valence-corrected chi connectivity index (χ4v) is 3.78. The number of aryl methyl sites for hydroxylation is 2. The van der Waals surface area contributed by atoms with Crippen molar-refractivity contribution in [3.05, 3.63) is 11.9 Å². The lowest BCUT2D eigenvalue weighted by atomic mass is 9.89. The molecule has 1 N–H and O–H groups in total. The highest BCUT2D eigenvalue weighted by Gasteiger charge is 2.39. The fourth-order valence-electron chi connectivity index (χ4n) is 3.78. The van der Waals surface area contributed by atoms with Crippen LogP contribution in [0.3, 0.4) is 0 Å². The molecule has 1 aromatic rings. The molecule has 2 saturated carbocycles. The van der Waals surface area contributed by atoms with E-state index >= 15 is 0 Å². The molecule has 3 unspecified atom stereocenters. The van der Waals surface area contributed by atoms with E-state index in [0.29, 0.717) is 0 Å². The van der Waals surface area contributed by atoms with Crippen LogP contribution in [0.1, 0.15) is 38.3 Å². The summed E-state index contributed by atoms with van der Waals surface area (Å²) in [6.07, 6.45) is 8.03. The molecule has 17 heavy (non-hydrogen) atoms. The van der Waals surface area contributed by atoms with Crippen molar-refractivity contribution in [2.75, 3.05) is 11.9 Å². The van der Waals surface area contributed by atoms with Crippen LogP contribution in [-0.2, 0) is 6.54 Å². The molecule has 3 heteroatoms. The van der Waals surface area contributed by atoms with Crippen LogP contribution in [-0.4, -0.2) is 16.1 Å². The summed E-state index contributed by atoms with van der Waals surface area (Å²) in [5.74, 6) is 4.00. The van der Waals surface area contributed by atoms with E-state index in [0.717, 1.165) is 42.5 Å². The first-order chi connectivity index (χ1) is 8.26. The van der Waals surface area contributed by atoms with E-state index in [-0.39, 0.29) is 0 Å². The minimum atomic E-state index is 0.899. The van der Waals surface area contributed by atoms with Gasteiger partial charge in [0.25, 0.3) is 0 Å². The number of nitrogens with zero attached hydrogens (tertiary/aromatic N) is 2. The summed E-state index contributed by atoms with van der Waals surface area (Å²) in [5.41, 5.74) is 1.11. The van der Waals surface area contributed by atoms with Gasteiger partial charge in [0, 0.05) is 19.3 Å². The average Bonchev–Trinajstić information content (AvgIpc) is 3.00. The third-order valence-corrected chi connectivity index (χ3v) is 4.64. The largest absolute Gasteiger partial charge is 0.355 e. The van der Waals surface area contributed by atoms with E-state index in [2.05, 4.69) is 34.9 Å². The van der Waals surface area contributed by atoms with Crippen molar-refractivity contribution in [3.63, 3.8) is 0 Å². The molecule has 3 nitrogen and oxygen atoms in total. The number of anilines is 1. The molecule has 94 valence electrons. The summed E-state index contributed by atoms with van der Waals surface area (Å²) in [4.78, 5) is 4.56. The number of hydrogen-bond donors (Lipinski definition) is 1. The maximum absolute atomic E-state index is 4.56. The van der Waals surface area contributed by atoms with Gasteiger partial charge in [-0.1, -0.05) is 6.42 Å². The highest BCUT2D eigenvalue weighted by molar-refractivity contribution is 5.28. The van der Waals surface area contributed by atoms with Crippen LogP contribution in [0.25, 0.3) is 0 Å². The molecule has 3 atom stereocenters. The summed E-state index contributed by atoms with van der Waals surface area (Å²) in [5, 5.41) is 3.56. The second-order valence-electron chi connectivity index (χ2n) is 5.81. The number of rotatable bonds is 4. The molecule has 0 spiro atoms. The maximum atomic E-state index is 4.56. The summed E-state index contributed by atoms with van der Waals surface area (Å²) < 4.78 is 2.21. The van der Waals surface area contributed by atoms with Crippen molar-refractivity contribution in [3.8, 4) is 0 Å². The molecule has 0 amide bonds. The lowest BCUT2D eigenvalue weighted by molar-refractivity contribution is 0.347. The van der Waals surface area contributed by atoms with Gasteiger partial charge in [-0.25, -0.2) is 4.98 Å². The van der Waals surface area contributed by atoms with Gasteiger partial charge in [0.15, 0.2) is 0 Å². The Balaban J connectivity index is 1.60. The first-order valence-electron chi connectivity index (χ1n) is 7.04. The zero-order valence-corrected chi connectivity index (χ0v) is 10.9. The number of aromatic nitrogens is 2. The van der Waals surface area contributed by atoms with Gasteiger partial charge in [-0.05, 0) is 50.9 Å². The molecule has 2 bridgehead atoms. The topological polar surface area (TPSA) is 29.9 Å². The summed E-state index contributed by atoms with van der Waals surface area (Å²) in [6.45, 7) is 6.36. The predicted octanol–water partition coefficient (Wildman–Crippen LogP) is 3.06. The van der Waals surface area contributed by atoms with Gasteiger partial charge in [0.1, 0.15) is 0 Å². The maximum Gasteiger partial charge on any atom is 0.203 e. The van der Waals surface area contributed by atoms with Gasteiger partial charge in [-0.3, -0.25) is 0 Å². The van der Waals surface area contributed by atoms with Gasteiger partial charge in [0.2, 0.25) is 5.95 Å². The minimum absolute atomic E-state index is 0.899. The molecular formula is C14H23N3. The van der Waals surface area contributed by atoms with Crippen LogP contribution >= 0.6 is 0 Å². The standard InChI is InChI=1S/C14H23N3/c1-3-17-9-10(2)16-14(17)15-8-13-7-11-4-5-12(13)6-11/h9,11-13H,3-8H2,1-2H3,(H,15,16). The first kappa shape index (κ1) is 11.1. The van der Waals surface area contributed by atoms with E-state index in [4.69, 9.17) is 0 Å². The van der Waals surface area contributed by atoms with Crippen molar-refractivity contribution in [2.24, 2.45) is 17.8 Å². The second-order valence-corrected chi connectivity index (χ2v) is 5.81. The van der Waals surface area contributed by atoms with Gasteiger partial charge < -0.3 is 9.88 Å². The molecule has 2 aliphatic rings. The van der Waals surface area contributed by atoms with Gasteiger partial charge in [0.05, 0.1) is 5.69 Å². The molecule has 0 saturated heterocycles. The van der Waals surface area contributed by atoms with Crippen LogP contribution in [0, 0.1) is 24.7 Å². The Labute approximate surface area is 104 Å². The average molecular weight is 233 g/mol. The van der Waals surface area contributed by atoms with Crippen molar-refractivity contribution >= 4 is 5.95 Å². The summed E-state index contributed by atoms with van der Waals surface area (Å²) in [6, 6.07) is 0. The molecule has 1 aromatic heterocycles. The van der Waals surface area contributed by atoms with Crippen molar-refractivity contribution in [1.29, 1.82) is 0 Å². The van der Waals surface area contributed by atoms with E-state index in [9.17, 15) is 0 Å². The van der Waals surface area contributed by atoms with Crippen LogP contribution < -0.4 is 5.32 Å². The highest BCUT2D eigenvalue weighted by Crippen LogP contribution is 2.48. The fraction of sp³-hybridized carbons (Fsp3) is 0.786. The van der Waals surface area contributed by atoms with Gasteiger partial charge in [-0.2, -0.15) is 0 Å². The minimum Gasteiger partial charge on any atom is -0.355 e. The number of imidazole rings is 1. The molecule has 1 heterocycles. The summed E-state index contributed by atoms with van der Waals surface area (Å²) in [7, 11) is 0. The van der Waals surface area contributed by atoms with Crippen molar-refractivity contribution in [1.82, 2.24) is 9.55 Å². The smallest absolute Gasteiger partial charge is 0.203 e. The molecular weight excluding hydrogens is 210 g/mol. The molecule has 3 rings (SSSR count). The molecule has 2 fully saturated rings. The first-order valence-corrected chi connectivity index (χ1v) is 7.04. The summed E-state index contributed by atoms with van der Waals surface area (Å²) >= 11 is 0. The molecule has 2 aliphatic carbocycles. The van der Waals surface area contributed by atoms with Crippen LogP contribution in [0.15, 0.2) is 6.20 Å². The Bertz CT molecular complexity index is 396. The lowest BCUT2D eigenvalue weighted by Gasteiger charge is -2.22. The van der Waals surface area contributed by atoms with Crippen LogP contribution in [0.5, 0.6) is 0 Å². The van der Waals surface area contributed by atoms with Crippen LogP contribution in [0.2, 0.25) is 0 Å². The Morgan fingerprint density at radius 3 is 2.94 bits per heavy atom. The predicted molar refractivity (Wildman–Crippen MR) is 70.1 cm³/mol. The molecule has 0 aromatic carbocycles. The quantitative estimate of drug-likeness (QED) is 0.866. The number of hydrogen-bond acceptors (Lipinski definition) is 2. The Morgan fingerprint density at radius 2 is 2.29 bits per heavy atom. The third kappa shape index (κ3) is 2.07. The van der Waals surface area contributed by atoms with Crippen molar-refractivity contribution in [2.45, 2.75) is 46.1 Å². The van der Waals surface area contributed by atoms with Gasteiger partial charge in [-0.15, -0.1) is 0 Å². The zero-order valence-electron chi connectivity index (χ0n) is 10.9. The zero-order chi connectivity index (χ0) is 11.8. The molecule has 0 aliphatic heterocycles. The van der Waals surface area contributed by atoms with Crippen LogP contribution in [0.4, 0.5) is 5.95 Å². The Hall–Kier alpha value is -0.990. The Kier molecular flexibility index (Phi) is 2.85. The van der Waals surface area contributed by atoms with E-state index in [1.165, 1.54) is 25.7 Å². The highest BCUT2D eigenvalue weighted by atomic mass is 15.2. The number of fused-ring (bicyclic) bond motifs is 2. The van der Waals surface area contributed by atoms with E-state index < -0.39 is 0 Å². The van der Waals surface area contributed by atoms with Crippen molar-refractivity contribution < 1.29 is 0 Å². The normalized spacial score (nSPS) is 31.1. The second kappa shape index (κ2) is 4.35. The van der Waals surface area contributed by atoms with Gasteiger partial charge >= 0.3 is 0 Å². The monoisotopic (exact) mass is 233 g/mol. The molecule has 0 radical (unpaired) electrons. The Morgan fingerprint density at radius 1 is 1.41 bits per heavy atom. The third-order valence-electron chi connectivity index (χ3n) is 4.64. The SMILES string of the molecule is CCn1cc(C)nc1NCC1CC2CCC1C2. The van der Waals surface area contributed by atoms with E-state index in [1.54, 1.807) is 0 Å². The lowest BCUT2D eigenvalue weighted by Crippen LogP contribution is -2.21. The number of nitrogens with one attached hydrogen (secondary N) is 1. The van der Waals surface area contributed by atoms with E-state index in [1.807, 2.05) is 0 Å².